The second-order valence-corrected chi connectivity index (χ2v) is 4.73. The van der Waals surface area contributed by atoms with Crippen molar-refractivity contribution in [2.75, 3.05) is 37.8 Å². The quantitative estimate of drug-likeness (QED) is 0.717. The summed E-state index contributed by atoms with van der Waals surface area (Å²) in [7, 11) is 1.57. The summed E-state index contributed by atoms with van der Waals surface area (Å²) in [4.78, 5) is 14.2. The molecule has 0 unspecified atom stereocenters. The molecule has 20 heavy (non-hydrogen) atoms. The van der Waals surface area contributed by atoms with E-state index in [1.165, 1.54) is 0 Å². The molecule has 0 aliphatic heterocycles. The molecule has 0 radical (unpaired) electrons. The number of nitrogens with zero attached hydrogens (tertiary/aromatic N) is 1. The number of benzene rings is 1. The van der Waals surface area contributed by atoms with E-state index in [1.807, 2.05) is 0 Å². The molecule has 0 atom stereocenters. The Hall–Kier alpha value is -1.75. The summed E-state index contributed by atoms with van der Waals surface area (Å²) >= 11 is 0. The number of amides is 1. The van der Waals surface area contributed by atoms with Crippen molar-refractivity contribution in [2.24, 2.45) is 0 Å². The van der Waals surface area contributed by atoms with Gasteiger partial charge < -0.3 is 15.8 Å². The zero-order valence-corrected chi connectivity index (χ0v) is 12.6. The lowest BCUT2D eigenvalue weighted by Crippen LogP contribution is -2.33. The maximum absolute atomic E-state index is 12.1. The number of nitrogen functional groups attached to an aromatic ring is 1. The first-order chi connectivity index (χ1) is 9.60. The summed E-state index contributed by atoms with van der Waals surface area (Å²) in [6.07, 6.45) is 2.23. The van der Waals surface area contributed by atoms with E-state index >= 15 is 0 Å². The second-order valence-electron chi connectivity index (χ2n) is 4.73. The summed E-state index contributed by atoms with van der Waals surface area (Å²) in [6, 6.07) is 5.20. The molecule has 5 nitrogen and oxygen atoms in total. The van der Waals surface area contributed by atoms with Crippen LogP contribution in [0.3, 0.4) is 0 Å². The van der Waals surface area contributed by atoms with E-state index in [2.05, 4.69) is 24.1 Å². The number of nitrogens with two attached hydrogens (primary N) is 1. The Morgan fingerprint density at radius 3 is 2.75 bits per heavy atom. The first kappa shape index (κ1) is 16.3. The van der Waals surface area contributed by atoms with Crippen LogP contribution in [0.2, 0.25) is 0 Å². The fourth-order valence-electron chi connectivity index (χ4n) is 1.95. The van der Waals surface area contributed by atoms with Crippen LogP contribution in [0.15, 0.2) is 18.2 Å². The highest BCUT2D eigenvalue weighted by molar-refractivity contribution is 5.94. The molecule has 1 rings (SSSR count). The third-order valence-corrected chi connectivity index (χ3v) is 3.14. The van der Waals surface area contributed by atoms with Gasteiger partial charge in [0.25, 0.3) is 0 Å². The first-order valence-corrected chi connectivity index (χ1v) is 7.06. The van der Waals surface area contributed by atoms with Gasteiger partial charge >= 0.3 is 0 Å². The van der Waals surface area contributed by atoms with E-state index in [-0.39, 0.29) is 5.91 Å². The molecule has 1 amide bonds. The number of nitrogens with one attached hydrogen (secondary N) is 1. The van der Waals surface area contributed by atoms with Crippen molar-refractivity contribution >= 4 is 17.3 Å². The molecule has 0 aliphatic rings. The largest absolute Gasteiger partial charge is 0.495 e. The van der Waals surface area contributed by atoms with Gasteiger partial charge in [-0.2, -0.15) is 0 Å². The normalized spacial score (nSPS) is 10.6. The second kappa shape index (κ2) is 8.43. The van der Waals surface area contributed by atoms with Gasteiger partial charge in [0.1, 0.15) is 5.75 Å². The Balaban J connectivity index is 2.63. The van der Waals surface area contributed by atoms with E-state index in [1.54, 1.807) is 25.3 Å². The van der Waals surface area contributed by atoms with Crippen molar-refractivity contribution in [3.63, 3.8) is 0 Å². The molecule has 0 spiro atoms. The molecule has 0 heterocycles. The topological polar surface area (TPSA) is 67.6 Å². The minimum atomic E-state index is -0.0492. The number of carbonyl (C=O) groups excluding carboxylic acids is 1. The van der Waals surface area contributed by atoms with Crippen molar-refractivity contribution in [1.82, 2.24) is 4.90 Å². The molecule has 1 aromatic rings. The Bertz CT molecular complexity index is 435. The highest BCUT2D eigenvalue weighted by Gasteiger charge is 2.11. The minimum absolute atomic E-state index is 0.0492. The van der Waals surface area contributed by atoms with Crippen LogP contribution < -0.4 is 15.8 Å². The number of hydrogen-bond donors (Lipinski definition) is 2. The van der Waals surface area contributed by atoms with Crippen molar-refractivity contribution in [2.45, 2.75) is 26.7 Å². The van der Waals surface area contributed by atoms with E-state index in [0.29, 0.717) is 23.7 Å². The predicted octanol–water partition coefficient (Wildman–Crippen LogP) is 2.34. The van der Waals surface area contributed by atoms with E-state index in [4.69, 9.17) is 10.5 Å². The Morgan fingerprint density at radius 1 is 1.40 bits per heavy atom. The Morgan fingerprint density at radius 2 is 2.15 bits per heavy atom. The lowest BCUT2D eigenvalue weighted by atomic mass is 10.2. The van der Waals surface area contributed by atoms with Crippen LogP contribution in [0.4, 0.5) is 11.4 Å². The van der Waals surface area contributed by atoms with Crippen LogP contribution in [-0.2, 0) is 4.79 Å². The van der Waals surface area contributed by atoms with Crippen molar-refractivity contribution < 1.29 is 9.53 Å². The fourth-order valence-corrected chi connectivity index (χ4v) is 1.95. The van der Waals surface area contributed by atoms with Crippen LogP contribution in [0.5, 0.6) is 5.75 Å². The number of ether oxygens (including phenoxy) is 1. The molecule has 5 heteroatoms. The standard InChI is InChI=1S/C15H25N3O2/c1-4-6-9-18(5-2)11-15(19)17-13-10-12(16)7-8-14(13)20-3/h7-8,10H,4-6,9,11,16H2,1-3H3,(H,17,19). The third-order valence-electron chi connectivity index (χ3n) is 3.14. The minimum Gasteiger partial charge on any atom is -0.495 e. The smallest absolute Gasteiger partial charge is 0.238 e. The highest BCUT2D eigenvalue weighted by Crippen LogP contribution is 2.26. The van der Waals surface area contributed by atoms with Gasteiger partial charge in [-0.25, -0.2) is 0 Å². The van der Waals surface area contributed by atoms with Crippen molar-refractivity contribution in [1.29, 1.82) is 0 Å². The lowest BCUT2D eigenvalue weighted by molar-refractivity contribution is -0.117. The van der Waals surface area contributed by atoms with E-state index in [0.717, 1.165) is 25.9 Å². The Labute approximate surface area is 121 Å². The maximum atomic E-state index is 12.1. The number of rotatable bonds is 8. The molecule has 0 saturated heterocycles. The lowest BCUT2D eigenvalue weighted by Gasteiger charge is -2.20. The first-order valence-electron chi connectivity index (χ1n) is 7.06. The number of anilines is 2. The summed E-state index contributed by atoms with van der Waals surface area (Å²) < 4.78 is 5.21. The molecule has 3 N–H and O–H groups in total. The molecule has 0 bridgehead atoms. The van der Waals surface area contributed by atoms with Gasteiger partial charge in [0.2, 0.25) is 5.91 Å². The third kappa shape index (κ3) is 5.09. The van der Waals surface area contributed by atoms with Gasteiger partial charge in [0.15, 0.2) is 0 Å². The van der Waals surface area contributed by atoms with Crippen molar-refractivity contribution in [3.05, 3.63) is 18.2 Å². The monoisotopic (exact) mass is 279 g/mol. The number of hydrogen-bond acceptors (Lipinski definition) is 4. The molecule has 0 fully saturated rings. The van der Waals surface area contributed by atoms with Crippen LogP contribution in [0.1, 0.15) is 26.7 Å². The van der Waals surface area contributed by atoms with Gasteiger partial charge in [-0.15, -0.1) is 0 Å². The maximum Gasteiger partial charge on any atom is 0.238 e. The number of carbonyl (C=O) groups is 1. The van der Waals surface area contributed by atoms with Crippen LogP contribution in [0.25, 0.3) is 0 Å². The fraction of sp³-hybridized carbons (Fsp3) is 0.533. The van der Waals surface area contributed by atoms with Gasteiger partial charge in [-0.05, 0) is 37.7 Å². The van der Waals surface area contributed by atoms with E-state index < -0.39 is 0 Å². The number of unbranched alkanes of at least 4 members (excludes halogenated alkanes) is 1. The number of likely N-dealkylation sites (N-methyl/N-ethyl adjacent to an activating group) is 1. The molecule has 0 aliphatic carbocycles. The molecule has 1 aromatic carbocycles. The SMILES string of the molecule is CCCCN(CC)CC(=O)Nc1cc(N)ccc1OC. The zero-order chi connectivity index (χ0) is 15.0. The summed E-state index contributed by atoms with van der Waals surface area (Å²) in [5.74, 6) is 0.566. The van der Waals surface area contributed by atoms with Crippen LogP contribution >= 0.6 is 0 Å². The summed E-state index contributed by atoms with van der Waals surface area (Å²) in [5.41, 5.74) is 6.95. The molecular formula is C15H25N3O2. The average Bonchev–Trinajstić information content (AvgIpc) is 2.43. The van der Waals surface area contributed by atoms with Gasteiger partial charge in [-0.1, -0.05) is 20.3 Å². The predicted molar refractivity (Wildman–Crippen MR) is 83.1 cm³/mol. The molecule has 112 valence electrons. The van der Waals surface area contributed by atoms with Crippen LogP contribution in [0, 0.1) is 0 Å². The van der Waals surface area contributed by atoms with E-state index in [9.17, 15) is 4.79 Å². The average molecular weight is 279 g/mol. The molecule has 0 aromatic heterocycles. The van der Waals surface area contributed by atoms with Crippen LogP contribution in [-0.4, -0.2) is 37.6 Å². The van der Waals surface area contributed by atoms with Gasteiger partial charge in [0.05, 0.1) is 19.3 Å². The summed E-state index contributed by atoms with van der Waals surface area (Å²) in [5, 5.41) is 2.86. The zero-order valence-electron chi connectivity index (χ0n) is 12.6. The van der Waals surface area contributed by atoms with Crippen molar-refractivity contribution in [3.8, 4) is 5.75 Å². The summed E-state index contributed by atoms with van der Waals surface area (Å²) in [6.45, 7) is 6.39. The van der Waals surface area contributed by atoms with Gasteiger partial charge in [-0.3, -0.25) is 9.69 Å². The molecule has 0 saturated carbocycles. The number of methoxy groups -OCH3 is 1. The Kier molecular flexibility index (Phi) is 6.87. The van der Waals surface area contributed by atoms with Gasteiger partial charge in [0, 0.05) is 5.69 Å². The highest BCUT2D eigenvalue weighted by atomic mass is 16.5. The molecular weight excluding hydrogens is 254 g/mol.